The summed E-state index contributed by atoms with van der Waals surface area (Å²) in [6, 6.07) is 14.2. The van der Waals surface area contributed by atoms with Crippen LogP contribution in [0.1, 0.15) is 18.4 Å². The Morgan fingerprint density at radius 3 is 2.57 bits per heavy atom. The van der Waals surface area contributed by atoms with Crippen LogP contribution in [0.3, 0.4) is 0 Å². The number of nitrogens with zero attached hydrogens (tertiary/aromatic N) is 3. The van der Waals surface area contributed by atoms with Crippen LogP contribution in [0.2, 0.25) is 5.02 Å². The fraction of sp³-hybridized carbons (Fsp3) is 0.261. The van der Waals surface area contributed by atoms with Gasteiger partial charge in [0.15, 0.2) is 5.82 Å². The Kier molecular flexibility index (Phi) is 5.95. The Labute approximate surface area is 179 Å². The van der Waals surface area contributed by atoms with E-state index < -0.39 is 5.82 Å². The summed E-state index contributed by atoms with van der Waals surface area (Å²) in [4.78, 5) is 23.9. The summed E-state index contributed by atoms with van der Waals surface area (Å²) in [5.41, 5.74) is 2.68. The van der Waals surface area contributed by atoms with E-state index in [2.05, 4.69) is 15.2 Å². The van der Waals surface area contributed by atoms with Gasteiger partial charge in [-0.05, 0) is 44.0 Å². The molecule has 0 aliphatic carbocycles. The van der Waals surface area contributed by atoms with Crippen molar-refractivity contribution in [3.63, 3.8) is 0 Å². The van der Waals surface area contributed by atoms with Gasteiger partial charge >= 0.3 is 0 Å². The monoisotopic (exact) mass is 424 g/mol. The first-order chi connectivity index (χ1) is 14.5. The molecule has 1 aliphatic rings. The van der Waals surface area contributed by atoms with Gasteiger partial charge in [0.2, 0.25) is 5.91 Å². The van der Waals surface area contributed by atoms with Crippen LogP contribution in [0.15, 0.2) is 54.7 Å². The SMILES string of the molecule is Cc1ccc(-c2nccc(N3CCC(C(=O)Nc4ccc(F)c(Cl)c4)CC3)n2)cc1. The highest BCUT2D eigenvalue weighted by atomic mass is 35.5. The maximum absolute atomic E-state index is 13.3. The predicted octanol–water partition coefficient (Wildman–Crippen LogP) is 5.10. The number of hydrogen-bond acceptors (Lipinski definition) is 4. The molecule has 2 aromatic carbocycles. The topological polar surface area (TPSA) is 58.1 Å². The summed E-state index contributed by atoms with van der Waals surface area (Å²) in [6.45, 7) is 3.51. The van der Waals surface area contributed by atoms with Crippen LogP contribution >= 0.6 is 11.6 Å². The molecule has 2 heterocycles. The van der Waals surface area contributed by atoms with E-state index in [-0.39, 0.29) is 16.8 Å². The molecule has 1 amide bonds. The number of anilines is 2. The Hall–Kier alpha value is -2.99. The number of carbonyl (C=O) groups excluding carboxylic acids is 1. The van der Waals surface area contributed by atoms with Gasteiger partial charge in [0.05, 0.1) is 5.02 Å². The number of amides is 1. The number of aryl methyl sites for hydroxylation is 1. The van der Waals surface area contributed by atoms with E-state index in [0.29, 0.717) is 24.4 Å². The van der Waals surface area contributed by atoms with Crippen LogP contribution < -0.4 is 10.2 Å². The van der Waals surface area contributed by atoms with Crippen molar-refractivity contribution < 1.29 is 9.18 Å². The Morgan fingerprint density at radius 1 is 1.13 bits per heavy atom. The van der Waals surface area contributed by atoms with E-state index in [9.17, 15) is 9.18 Å². The van der Waals surface area contributed by atoms with E-state index in [4.69, 9.17) is 16.6 Å². The van der Waals surface area contributed by atoms with Gasteiger partial charge < -0.3 is 10.2 Å². The fourth-order valence-corrected chi connectivity index (χ4v) is 3.74. The molecule has 1 saturated heterocycles. The van der Waals surface area contributed by atoms with Crippen molar-refractivity contribution in [3.05, 3.63) is 71.1 Å². The van der Waals surface area contributed by atoms with E-state index in [1.54, 1.807) is 6.20 Å². The van der Waals surface area contributed by atoms with Crippen LogP contribution in [0.25, 0.3) is 11.4 Å². The highest BCUT2D eigenvalue weighted by molar-refractivity contribution is 6.31. The quantitative estimate of drug-likeness (QED) is 0.633. The summed E-state index contributed by atoms with van der Waals surface area (Å²) in [7, 11) is 0. The van der Waals surface area contributed by atoms with Crippen molar-refractivity contribution >= 4 is 29.0 Å². The Bertz CT molecular complexity index is 1050. The molecule has 1 aromatic heterocycles. The van der Waals surface area contributed by atoms with Gasteiger partial charge in [-0.1, -0.05) is 41.4 Å². The number of rotatable bonds is 4. The van der Waals surface area contributed by atoms with Gasteiger partial charge in [-0.25, -0.2) is 14.4 Å². The largest absolute Gasteiger partial charge is 0.356 e. The third kappa shape index (κ3) is 4.60. The molecule has 7 heteroatoms. The molecule has 0 saturated carbocycles. The first-order valence-corrected chi connectivity index (χ1v) is 10.3. The number of nitrogens with one attached hydrogen (secondary N) is 1. The summed E-state index contributed by atoms with van der Waals surface area (Å²) < 4.78 is 13.3. The first kappa shape index (κ1) is 20.3. The number of aromatic nitrogens is 2. The standard InChI is InChI=1S/C23H22ClFN4O/c1-15-2-4-16(5-3-15)22-26-11-8-21(28-22)29-12-9-17(10-13-29)23(30)27-18-6-7-20(25)19(24)14-18/h2-8,11,14,17H,9-10,12-13H2,1H3,(H,27,30). The van der Waals surface area contributed by atoms with Crippen molar-refractivity contribution in [1.82, 2.24) is 9.97 Å². The Balaban J connectivity index is 1.38. The average Bonchev–Trinajstić information content (AvgIpc) is 2.77. The van der Waals surface area contributed by atoms with Crippen LogP contribution in [0.4, 0.5) is 15.9 Å². The maximum Gasteiger partial charge on any atom is 0.227 e. The lowest BCUT2D eigenvalue weighted by Crippen LogP contribution is -2.38. The number of carbonyl (C=O) groups is 1. The van der Waals surface area contributed by atoms with Crippen LogP contribution in [0, 0.1) is 18.7 Å². The minimum absolute atomic E-state index is 0.00392. The maximum atomic E-state index is 13.3. The highest BCUT2D eigenvalue weighted by Crippen LogP contribution is 2.26. The van der Waals surface area contributed by atoms with Crippen molar-refractivity contribution in [2.45, 2.75) is 19.8 Å². The zero-order chi connectivity index (χ0) is 21.1. The minimum Gasteiger partial charge on any atom is -0.356 e. The number of halogens is 2. The van der Waals surface area contributed by atoms with E-state index in [1.165, 1.54) is 23.8 Å². The molecular weight excluding hydrogens is 403 g/mol. The van der Waals surface area contributed by atoms with Gasteiger partial charge in [0, 0.05) is 36.5 Å². The molecule has 5 nitrogen and oxygen atoms in total. The third-order valence-corrected chi connectivity index (χ3v) is 5.62. The van der Waals surface area contributed by atoms with Crippen LogP contribution in [-0.2, 0) is 4.79 Å². The molecule has 1 N–H and O–H groups in total. The molecule has 4 rings (SSSR count). The molecule has 0 spiro atoms. The second kappa shape index (κ2) is 8.79. The predicted molar refractivity (Wildman–Crippen MR) is 117 cm³/mol. The van der Waals surface area contributed by atoms with Gasteiger partial charge in [-0.3, -0.25) is 4.79 Å². The zero-order valence-corrected chi connectivity index (χ0v) is 17.4. The zero-order valence-electron chi connectivity index (χ0n) is 16.6. The molecule has 30 heavy (non-hydrogen) atoms. The highest BCUT2D eigenvalue weighted by Gasteiger charge is 2.26. The van der Waals surface area contributed by atoms with Crippen molar-refractivity contribution in [3.8, 4) is 11.4 Å². The lowest BCUT2D eigenvalue weighted by atomic mass is 9.96. The lowest BCUT2D eigenvalue weighted by Gasteiger charge is -2.32. The van der Waals surface area contributed by atoms with E-state index in [1.807, 2.05) is 37.3 Å². The molecule has 3 aromatic rings. The summed E-state index contributed by atoms with van der Waals surface area (Å²) >= 11 is 5.79. The van der Waals surface area contributed by atoms with Crippen LogP contribution in [-0.4, -0.2) is 29.0 Å². The van der Waals surface area contributed by atoms with Gasteiger partial charge in [0.25, 0.3) is 0 Å². The van der Waals surface area contributed by atoms with Crippen molar-refractivity contribution in [2.24, 2.45) is 5.92 Å². The summed E-state index contributed by atoms with van der Waals surface area (Å²) in [6.07, 6.45) is 3.20. The fourth-order valence-electron chi connectivity index (χ4n) is 3.56. The lowest BCUT2D eigenvalue weighted by molar-refractivity contribution is -0.120. The molecule has 1 aliphatic heterocycles. The molecule has 0 unspecified atom stereocenters. The summed E-state index contributed by atoms with van der Waals surface area (Å²) in [5, 5.41) is 2.83. The first-order valence-electron chi connectivity index (χ1n) is 9.90. The van der Waals surface area contributed by atoms with Gasteiger partial charge in [-0.15, -0.1) is 0 Å². The minimum atomic E-state index is -0.502. The number of hydrogen-bond donors (Lipinski definition) is 1. The van der Waals surface area contributed by atoms with Gasteiger partial charge in [0.1, 0.15) is 11.6 Å². The Morgan fingerprint density at radius 2 is 1.87 bits per heavy atom. The third-order valence-electron chi connectivity index (χ3n) is 5.33. The second-order valence-corrected chi connectivity index (χ2v) is 7.89. The normalized spacial score (nSPS) is 14.6. The number of benzene rings is 2. The van der Waals surface area contributed by atoms with Crippen molar-refractivity contribution in [1.29, 1.82) is 0 Å². The molecule has 0 radical (unpaired) electrons. The van der Waals surface area contributed by atoms with Crippen molar-refractivity contribution in [2.75, 3.05) is 23.3 Å². The van der Waals surface area contributed by atoms with E-state index in [0.717, 1.165) is 24.5 Å². The average molecular weight is 425 g/mol. The van der Waals surface area contributed by atoms with Crippen LogP contribution in [0.5, 0.6) is 0 Å². The van der Waals surface area contributed by atoms with Gasteiger partial charge in [-0.2, -0.15) is 0 Å². The smallest absolute Gasteiger partial charge is 0.227 e. The molecule has 1 fully saturated rings. The van der Waals surface area contributed by atoms with E-state index >= 15 is 0 Å². The molecule has 0 bridgehead atoms. The second-order valence-electron chi connectivity index (χ2n) is 7.48. The molecule has 154 valence electrons. The molecule has 0 atom stereocenters. The molecular formula is C23H22ClFN4O. The number of piperidine rings is 1. The summed E-state index contributed by atoms with van der Waals surface area (Å²) in [5.74, 6) is 0.881.